The van der Waals surface area contributed by atoms with Crippen LogP contribution in [0.15, 0.2) is 46.4 Å². The lowest BCUT2D eigenvalue weighted by Gasteiger charge is -2.09. The van der Waals surface area contributed by atoms with Gasteiger partial charge >= 0.3 is 0 Å². The largest absolute Gasteiger partial charge is 0.493 e. The van der Waals surface area contributed by atoms with E-state index in [1.165, 1.54) is 11.3 Å². The van der Waals surface area contributed by atoms with Gasteiger partial charge in [-0.1, -0.05) is 0 Å². The molecule has 0 aliphatic carbocycles. The number of furan rings is 1. The van der Waals surface area contributed by atoms with Crippen molar-refractivity contribution >= 4 is 17.2 Å². The van der Waals surface area contributed by atoms with Crippen molar-refractivity contribution in [1.29, 1.82) is 0 Å². The third-order valence-corrected chi connectivity index (χ3v) is 4.34. The van der Waals surface area contributed by atoms with E-state index in [-0.39, 0.29) is 5.91 Å². The van der Waals surface area contributed by atoms with Gasteiger partial charge in [0.15, 0.2) is 11.5 Å². The standard InChI is InChI=1S/C18H18N2O4S/c1-3-23-15-7-6-12(9-16(15)22-2)18-20-14(11-25-18)17(21)19-10-13-5-4-8-24-13/h4-9,11H,3,10H2,1-2H3,(H,19,21). The lowest BCUT2D eigenvalue weighted by Crippen LogP contribution is -2.22. The fraction of sp³-hybridized carbons (Fsp3) is 0.222. The maximum Gasteiger partial charge on any atom is 0.271 e. The molecule has 0 saturated carbocycles. The van der Waals surface area contributed by atoms with Crippen molar-refractivity contribution in [2.45, 2.75) is 13.5 Å². The minimum atomic E-state index is -0.239. The van der Waals surface area contributed by atoms with Crippen LogP contribution in [0.3, 0.4) is 0 Å². The number of amides is 1. The zero-order valence-corrected chi connectivity index (χ0v) is 14.8. The second-order valence-corrected chi connectivity index (χ2v) is 5.96. The van der Waals surface area contributed by atoms with Crippen LogP contribution < -0.4 is 14.8 Å². The summed E-state index contributed by atoms with van der Waals surface area (Å²) in [6.07, 6.45) is 1.57. The number of rotatable bonds is 7. The van der Waals surface area contributed by atoms with Crippen LogP contribution in [0, 0.1) is 0 Å². The third-order valence-electron chi connectivity index (χ3n) is 3.45. The Labute approximate surface area is 149 Å². The number of methoxy groups -OCH3 is 1. The molecule has 7 heteroatoms. The van der Waals surface area contributed by atoms with Gasteiger partial charge in [0.1, 0.15) is 16.5 Å². The first kappa shape index (κ1) is 17.0. The Hall–Kier alpha value is -2.80. The first-order chi connectivity index (χ1) is 12.2. The molecule has 0 saturated heterocycles. The Morgan fingerprint density at radius 1 is 1.32 bits per heavy atom. The van der Waals surface area contributed by atoms with E-state index in [9.17, 15) is 4.79 Å². The second kappa shape index (κ2) is 7.85. The van der Waals surface area contributed by atoms with Crippen LogP contribution in [-0.4, -0.2) is 24.6 Å². The number of hydrogen-bond donors (Lipinski definition) is 1. The van der Waals surface area contributed by atoms with Crippen LogP contribution in [-0.2, 0) is 6.54 Å². The minimum Gasteiger partial charge on any atom is -0.493 e. The Balaban J connectivity index is 1.73. The summed E-state index contributed by atoms with van der Waals surface area (Å²) in [6.45, 7) is 2.81. The van der Waals surface area contributed by atoms with E-state index in [1.807, 2.05) is 25.1 Å². The number of hydrogen-bond acceptors (Lipinski definition) is 6. The third kappa shape index (κ3) is 4.00. The number of carbonyl (C=O) groups is 1. The van der Waals surface area contributed by atoms with Crippen LogP contribution in [0.1, 0.15) is 23.2 Å². The van der Waals surface area contributed by atoms with Gasteiger partial charge in [-0.25, -0.2) is 4.98 Å². The maximum atomic E-state index is 12.2. The maximum absolute atomic E-state index is 12.2. The summed E-state index contributed by atoms with van der Waals surface area (Å²) >= 11 is 1.40. The molecule has 25 heavy (non-hydrogen) atoms. The first-order valence-electron chi connectivity index (χ1n) is 7.78. The Morgan fingerprint density at radius 3 is 2.92 bits per heavy atom. The fourth-order valence-corrected chi connectivity index (χ4v) is 3.05. The highest BCUT2D eigenvalue weighted by molar-refractivity contribution is 7.13. The van der Waals surface area contributed by atoms with E-state index in [4.69, 9.17) is 13.9 Å². The number of benzene rings is 1. The average Bonchev–Trinajstić information content (AvgIpc) is 3.32. The molecule has 130 valence electrons. The zero-order chi connectivity index (χ0) is 17.6. The van der Waals surface area contributed by atoms with Crippen molar-refractivity contribution in [3.8, 4) is 22.1 Å². The lowest BCUT2D eigenvalue weighted by molar-refractivity contribution is 0.0944. The molecule has 0 unspecified atom stereocenters. The van der Waals surface area contributed by atoms with E-state index in [1.54, 1.807) is 30.9 Å². The van der Waals surface area contributed by atoms with Gasteiger partial charge < -0.3 is 19.2 Å². The second-order valence-electron chi connectivity index (χ2n) is 5.10. The molecule has 1 amide bonds. The molecule has 0 aliphatic rings. The molecule has 1 N–H and O–H groups in total. The smallest absolute Gasteiger partial charge is 0.271 e. The summed E-state index contributed by atoms with van der Waals surface area (Å²) in [5.41, 5.74) is 1.25. The molecule has 0 atom stereocenters. The van der Waals surface area contributed by atoms with Crippen molar-refractivity contribution < 1.29 is 18.7 Å². The lowest BCUT2D eigenvalue weighted by atomic mass is 10.2. The summed E-state index contributed by atoms with van der Waals surface area (Å²) in [5.74, 6) is 1.77. The Bertz CT molecular complexity index is 843. The molecule has 3 aromatic rings. The number of nitrogens with one attached hydrogen (secondary N) is 1. The molecule has 0 aliphatic heterocycles. The summed E-state index contributed by atoms with van der Waals surface area (Å²) in [4.78, 5) is 16.6. The monoisotopic (exact) mass is 358 g/mol. The van der Waals surface area contributed by atoms with Crippen molar-refractivity contribution in [2.24, 2.45) is 0 Å². The van der Waals surface area contributed by atoms with Crippen LogP contribution in [0.2, 0.25) is 0 Å². The molecule has 0 radical (unpaired) electrons. The van der Waals surface area contributed by atoms with E-state index in [0.29, 0.717) is 36.1 Å². The average molecular weight is 358 g/mol. The van der Waals surface area contributed by atoms with E-state index in [2.05, 4.69) is 10.3 Å². The Morgan fingerprint density at radius 2 is 2.20 bits per heavy atom. The van der Waals surface area contributed by atoms with Crippen molar-refractivity contribution in [2.75, 3.05) is 13.7 Å². The van der Waals surface area contributed by atoms with Crippen molar-refractivity contribution in [1.82, 2.24) is 10.3 Å². The van der Waals surface area contributed by atoms with Crippen LogP contribution in [0.5, 0.6) is 11.5 Å². The molecular formula is C18H18N2O4S. The number of carbonyl (C=O) groups excluding carboxylic acids is 1. The summed E-state index contributed by atoms with van der Waals surface area (Å²) in [6, 6.07) is 9.18. The number of aromatic nitrogens is 1. The van der Waals surface area contributed by atoms with Crippen LogP contribution in [0.4, 0.5) is 0 Å². The highest BCUT2D eigenvalue weighted by Gasteiger charge is 2.14. The molecule has 2 aromatic heterocycles. The normalized spacial score (nSPS) is 10.5. The molecule has 0 fully saturated rings. The molecular weight excluding hydrogens is 340 g/mol. The highest BCUT2D eigenvalue weighted by atomic mass is 32.1. The Kier molecular flexibility index (Phi) is 5.35. The SMILES string of the molecule is CCOc1ccc(-c2nc(C(=O)NCc3ccco3)cs2)cc1OC. The predicted molar refractivity (Wildman–Crippen MR) is 95.1 cm³/mol. The van der Waals surface area contributed by atoms with Crippen molar-refractivity contribution in [3.63, 3.8) is 0 Å². The number of nitrogens with zero attached hydrogens (tertiary/aromatic N) is 1. The van der Waals surface area contributed by atoms with E-state index in [0.717, 1.165) is 10.6 Å². The number of thiazole rings is 1. The van der Waals surface area contributed by atoms with E-state index < -0.39 is 0 Å². The fourth-order valence-electron chi connectivity index (χ4n) is 2.26. The minimum absolute atomic E-state index is 0.239. The van der Waals surface area contributed by atoms with Gasteiger partial charge in [0.2, 0.25) is 0 Å². The van der Waals surface area contributed by atoms with Crippen molar-refractivity contribution in [3.05, 3.63) is 53.4 Å². The zero-order valence-electron chi connectivity index (χ0n) is 13.9. The van der Waals surface area contributed by atoms with Crippen LogP contribution in [0.25, 0.3) is 10.6 Å². The quantitative estimate of drug-likeness (QED) is 0.696. The molecule has 6 nitrogen and oxygen atoms in total. The van der Waals surface area contributed by atoms with Gasteiger partial charge in [0, 0.05) is 10.9 Å². The summed E-state index contributed by atoms with van der Waals surface area (Å²) < 4.78 is 16.1. The summed E-state index contributed by atoms with van der Waals surface area (Å²) in [7, 11) is 1.59. The van der Waals surface area contributed by atoms with Gasteiger partial charge in [0.05, 0.1) is 26.5 Å². The number of ether oxygens (including phenoxy) is 2. The molecule has 0 bridgehead atoms. The summed E-state index contributed by atoms with van der Waals surface area (Å²) in [5, 5.41) is 5.25. The van der Waals surface area contributed by atoms with Crippen LogP contribution >= 0.6 is 11.3 Å². The molecule has 0 spiro atoms. The molecule has 2 heterocycles. The topological polar surface area (TPSA) is 73.6 Å². The van der Waals surface area contributed by atoms with Gasteiger partial charge in [-0.05, 0) is 37.3 Å². The molecule has 1 aromatic carbocycles. The van der Waals surface area contributed by atoms with Gasteiger partial charge in [-0.15, -0.1) is 11.3 Å². The van der Waals surface area contributed by atoms with E-state index >= 15 is 0 Å². The molecule has 3 rings (SSSR count). The van der Waals surface area contributed by atoms with Gasteiger partial charge in [-0.2, -0.15) is 0 Å². The van der Waals surface area contributed by atoms with Gasteiger partial charge in [-0.3, -0.25) is 4.79 Å². The highest BCUT2D eigenvalue weighted by Crippen LogP contribution is 2.33. The predicted octanol–water partition coefficient (Wildman–Crippen LogP) is 3.74. The first-order valence-corrected chi connectivity index (χ1v) is 8.66. The van der Waals surface area contributed by atoms with Gasteiger partial charge in [0.25, 0.3) is 5.91 Å².